The summed E-state index contributed by atoms with van der Waals surface area (Å²) < 4.78 is 5.10. The van der Waals surface area contributed by atoms with Crippen LogP contribution in [0.3, 0.4) is 0 Å². The number of furan rings is 1. The molecule has 0 aromatic carbocycles. The van der Waals surface area contributed by atoms with E-state index in [1.54, 1.807) is 41.3 Å². The van der Waals surface area contributed by atoms with Crippen molar-refractivity contribution in [3.05, 3.63) is 75.0 Å². The van der Waals surface area contributed by atoms with E-state index in [2.05, 4.69) is 0 Å². The minimum atomic E-state index is 0.00278. The smallest absolute Gasteiger partial charge is 0.247 e. The fourth-order valence-corrected chi connectivity index (χ4v) is 3.39. The van der Waals surface area contributed by atoms with Crippen molar-refractivity contribution < 1.29 is 9.21 Å². The normalized spacial score (nSPS) is 11.1. The molecule has 3 nitrogen and oxygen atoms in total. The van der Waals surface area contributed by atoms with Crippen LogP contribution in [0.15, 0.2) is 64.1 Å². The molecule has 0 saturated carbocycles. The molecule has 0 spiro atoms. The molecule has 3 rings (SSSR count). The Balaban J connectivity index is 1.73. The quantitative estimate of drug-likeness (QED) is 0.617. The van der Waals surface area contributed by atoms with E-state index in [1.807, 2.05) is 52.1 Å². The molecule has 5 heteroatoms. The Hall–Kier alpha value is -2.11. The number of rotatable bonds is 6. The first kappa shape index (κ1) is 14.8. The van der Waals surface area contributed by atoms with Gasteiger partial charge in [0.05, 0.1) is 19.1 Å². The molecule has 0 aliphatic heterocycles. The third-order valence-corrected chi connectivity index (χ3v) is 4.82. The van der Waals surface area contributed by atoms with Crippen LogP contribution >= 0.6 is 22.7 Å². The molecule has 0 aliphatic rings. The lowest BCUT2D eigenvalue weighted by Gasteiger charge is -2.19. The lowest BCUT2D eigenvalue weighted by Crippen LogP contribution is -2.27. The Kier molecular flexibility index (Phi) is 4.88. The zero-order valence-corrected chi connectivity index (χ0v) is 13.5. The molecular formula is C17H15NO2S2. The van der Waals surface area contributed by atoms with Crippen LogP contribution in [0.2, 0.25) is 0 Å². The van der Waals surface area contributed by atoms with Gasteiger partial charge in [-0.15, -0.1) is 22.7 Å². The largest absolute Gasteiger partial charge is 0.472 e. The van der Waals surface area contributed by atoms with Crippen molar-refractivity contribution in [2.75, 3.05) is 0 Å². The van der Waals surface area contributed by atoms with Gasteiger partial charge >= 0.3 is 0 Å². The van der Waals surface area contributed by atoms with Gasteiger partial charge in [0.15, 0.2) is 0 Å². The van der Waals surface area contributed by atoms with Crippen LogP contribution in [-0.2, 0) is 17.9 Å². The van der Waals surface area contributed by atoms with E-state index < -0.39 is 0 Å². The lowest BCUT2D eigenvalue weighted by atomic mass is 10.2. The van der Waals surface area contributed by atoms with E-state index in [-0.39, 0.29) is 5.91 Å². The summed E-state index contributed by atoms with van der Waals surface area (Å²) in [6, 6.07) is 9.90. The number of hydrogen-bond acceptors (Lipinski definition) is 4. The summed E-state index contributed by atoms with van der Waals surface area (Å²) in [5.74, 6) is 0.00278. The van der Waals surface area contributed by atoms with Gasteiger partial charge in [-0.05, 0) is 35.0 Å². The number of thiophene rings is 2. The summed E-state index contributed by atoms with van der Waals surface area (Å²) in [5.41, 5.74) is 0.995. The van der Waals surface area contributed by atoms with Crippen LogP contribution in [-0.4, -0.2) is 10.8 Å². The lowest BCUT2D eigenvalue weighted by molar-refractivity contribution is -0.127. The van der Waals surface area contributed by atoms with Crippen molar-refractivity contribution in [3.63, 3.8) is 0 Å². The van der Waals surface area contributed by atoms with Crippen molar-refractivity contribution in [3.8, 4) is 0 Å². The highest BCUT2D eigenvalue weighted by Crippen LogP contribution is 2.16. The third-order valence-electron chi connectivity index (χ3n) is 3.13. The maximum atomic E-state index is 12.5. The zero-order chi connectivity index (χ0) is 15.2. The summed E-state index contributed by atoms with van der Waals surface area (Å²) in [6.45, 7) is 1.15. The van der Waals surface area contributed by atoms with Gasteiger partial charge in [-0.3, -0.25) is 4.79 Å². The summed E-state index contributed by atoms with van der Waals surface area (Å²) in [4.78, 5) is 16.6. The molecule has 0 saturated heterocycles. The minimum absolute atomic E-state index is 0.00278. The molecule has 0 fully saturated rings. The van der Waals surface area contributed by atoms with Gasteiger partial charge < -0.3 is 9.32 Å². The van der Waals surface area contributed by atoms with Crippen molar-refractivity contribution >= 4 is 34.7 Å². The number of amides is 1. The maximum Gasteiger partial charge on any atom is 0.247 e. The molecule has 0 radical (unpaired) electrons. The molecule has 0 atom stereocenters. The third kappa shape index (κ3) is 3.96. The minimum Gasteiger partial charge on any atom is -0.472 e. The molecule has 3 heterocycles. The number of hydrogen-bond donors (Lipinski definition) is 0. The molecule has 0 aliphatic carbocycles. The Bertz CT molecular complexity index is 677. The Morgan fingerprint density at radius 1 is 1.14 bits per heavy atom. The molecule has 0 unspecified atom stereocenters. The summed E-state index contributed by atoms with van der Waals surface area (Å²) in [7, 11) is 0. The zero-order valence-electron chi connectivity index (χ0n) is 11.8. The second-order valence-electron chi connectivity index (χ2n) is 4.75. The number of carbonyl (C=O) groups excluding carboxylic acids is 1. The average Bonchev–Trinajstić information content (AvgIpc) is 3.27. The Morgan fingerprint density at radius 2 is 2.00 bits per heavy atom. The van der Waals surface area contributed by atoms with Crippen LogP contribution in [0.25, 0.3) is 6.08 Å². The first-order chi connectivity index (χ1) is 10.8. The van der Waals surface area contributed by atoms with E-state index in [0.717, 1.165) is 10.4 Å². The van der Waals surface area contributed by atoms with Crippen LogP contribution < -0.4 is 0 Å². The molecule has 3 aromatic rings. The molecule has 0 N–H and O–H groups in total. The number of carbonyl (C=O) groups is 1. The van der Waals surface area contributed by atoms with E-state index in [9.17, 15) is 4.79 Å². The van der Waals surface area contributed by atoms with Crippen LogP contribution in [0.5, 0.6) is 0 Å². The monoisotopic (exact) mass is 329 g/mol. The average molecular weight is 329 g/mol. The van der Waals surface area contributed by atoms with Crippen molar-refractivity contribution in [1.29, 1.82) is 0 Å². The van der Waals surface area contributed by atoms with Crippen LogP contribution in [0.4, 0.5) is 0 Å². The SMILES string of the molecule is O=C(C=Cc1cccs1)N(Cc1ccoc1)Cc1cccs1. The molecule has 3 aromatic heterocycles. The summed E-state index contributed by atoms with van der Waals surface area (Å²) in [6.07, 6.45) is 6.81. The summed E-state index contributed by atoms with van der Waals surface area (Å²) >= 11 is 3.27. The maximum absolute atomic E-state index is 12.5. The van der Waals surface area contributed by atoms with Gasteiger partial charge in [0.2, 0.25) is 5.91 Å². The van der Waals surface area contributed by atoms with Gasteiger partial charge in [0.1, 0.15) is 0 Å². The van der Waals surface area contributed by atoms with E-state index >= 15 is 0 Å². The topological polar surface area (TPSA) is 33.5 Å². The molecule has 112 valence electrons. The second-order valence-corrected chi connectivity index (χ2v) is 6.77. The highest BCUT2D eigenvalue weighted by Gasteiger charge is 2.13. The van der Waals surface area contributed by atoms with Gasteiger partial charge in [-0.1, -0.05) is 12.1 Å². The Morgan fingerprint density at radius 3 is 2.68 bits per heavy atom. The summed E-state index contributed by atoms with van der Waals surface area (Å²) in [5, 5.41) is 4.02. The van der Waals surface area contributed by atoms with Crippen LogP contribution in [0, 0.1) is 0 Å². The van der Waals surface area contributed by atoms with E-state index in [4.69, 9.17) is 4.42 Å². The van der Waals surface area contributed by atoms with E-state index in [0.29, 0.717) is 13.1 Å². The predicted octanol–water partition coefficient (Wildman–Crippen LogP) is 4.64. The molecule has 22 heavy (non-hydrogen) atoms. The van der Waals surface area contributed by atoms with E-state index in [1.165, 1.54) is 4.88 Å². The highest BCUT2D eigenvalue weighted by atomic mass is 32.1. The highest BCUT2D eigenvalue weighted by molar-refractivity contribution is 7.10. The Labute approximate surface area is 137 Å². The second kappa shape index (κ2) is 7.24. The van der Waals surface area contributed by atoms with Gasteiger partial charge in [0, 0.05) is 27.9 Å². The fraction of sp³-hybridized carbons (Fsp3) is 0.118. The van der Waals surface area contributed by atoms with Crippen LogP contribution in [0.1, 0.15) is 15.3 Å². The van der Waals surface area contributed by atoms with Gasteiger partial charge in [0.25, 0.3) is 0 Å². The predicted molar refractivity (Wildman–Crippen MR) is 90.6 cm³/mol. The molecule has 0 bridgehead atoms. The fourth-order valence-electron chi connectivity index (χ4n) is 2.05. The number of nitrogens with zero attached hydrogens (tertiary/aromatic N) is 1. The van der Waals surface area contributed by atoms with Crippen molar-refractivity contribution in [1.82, 2.24) is 4.90 Å². The van der Waals surface area contributed by atoms with Crippen molar-refractivity contribution in [2.24, 2.45) is 0 Å². The standard InChI is InChI=1S/C17H15NO2S2/c19-17(6-5-15-3-1-9-21-15)18(11-14-7-8-20-13-14)12-16-4-2-10-22-16/h1-10,13H,11-12H2. The van der Waals surface area contributed by atoms with Gasteiger partial charge in [-0.2, -0.15) is 0 Å². The first-order valence-electron chi connectivity index (χ1n) is 6.85. The van der Waals surface area contributed by atoms with Gasteiger partial charge in [-0.25, -0.2) is 0 Å². The first-order valence-corrected chi connectivity index (χ1v) is 8.61. The van der Waals surface area contributed by atoms with Crippen molar-refractivity contribution in [2.45, 2.75) is 13.1 Å². The molecular weight excluding hydrogens is 314 g/mol. The molecule has 1 amide bonds.